The molecule has 27 heavy (non-hydrogen) atoms. The van der Waals surface area contributed by atoms with Gasteiger partial charge in [0.25, 0.3) is 5.69 Å². The van der Waals surface area contributed by atoms with Gasteiger partial charge in [0.2, 0.25) is 15.9 Å². The summed E-state index contributed by atoms with van der Waals surface area (Å²) in [4.78, 5) is 24.4. The molecule has 0 N–H and O–H groups in total. The third kappa shape index (κ3) is 4.19. The minimum Gasteiger partial charge on any atom is -0.340 e. The molecule has 1 aromatic carbocycles. The number of piperazine rings is 1. The van der Waals surface area contributed by atoms with E-state index in [1.165, 1.54) is 16.4 Å². The second-order valence-electron chi connectivity index (χ2n) is 6.96. The van der Waals surface area contributed by atoms with E-state index in [0.717, 1.165) is 18.9 Å². The quantitative estimate of drug-likeness (QED) is 0.433. The zero-order valence-corrected chi connectivity index (χ0v) is 16.0. The molecular formula is C18H23N3O5S. The smallest absolute Gasteiger partial charge is 0.270 e. The highest BCUT2D eigenvalue weighted by Crippen LogP contribution is 2.26. The molecule has 0 aromatic heterocycles. The summed E-state index contributed by atoms with van der Waals surface area (Å²) in [5, 5.41) is 11.0. The predicted molar refractivity (Wildman–Crippen MR) is 99.7 cm³/mol. The first-order chi connectivity index (χ1) is 12.8. The number of rotatable bonds is 5. The maximum atomic E-state index is 12.9. The number of nitro benzene ring substituents is 1. The number of carbonyl (C=O) groups excluding carboxylic acids is 1. The van der Waals surface area contributed by atoms with Gasteiger partial charge in [-0.3, -0.25) is 14.9 Å². The van der Waals surface area contributed by atoms with Crippen LogP contribution in [0.3, 0.4) is 0 Å². The van der Waals surface area contributed by atoms with Crippen LogP contribution in [-0.4, -0.2) is 54.6 Å². The maximum Gasteiger partial charge on any atom is 0.270 e. The van der Waals surface area contributed by atoms with E-state index in [-0.39, 0.29) is 35.5 Å². The lowest BCUT2D eigenvalue weighted by Gasteiger charge is -2.34. The molecule has 8 nitrogen and oxygen atoms in total. The maximum absolute atomic E-state index is 12.9. The minimum absolute atomic E-state index is 0.0485. The first-order valence-electron chi connectivity index (χ1n) is 8.98. The van der Waals surface area contributed by atoms with E-state index >= 15 is 0 Å². The average Bonchev–Trinajstić information content (AvgIpc) is 3.14. The zero-order chi connectivity index (χ0) is 19.6. The van der Waals surface area contributed by atoms with Gasteiger partial charge in [-0.25, -0.2) is 8.42 Å². The van der Waals surface area contributed by atoms with Gasteiger partial charge >= 0.3 is 0 Å². The fraction of sp³-hybridized carbons (Fsp3) is 0.500. The molecule has 1 atom stereocenters. The highest BCUT2D eigenvalue weighted by molar-refractivity contribution is 7.89. The van der Waals surface area contributed by atoms with Crippen LogP contribution in [0.2, 0.25) is 0 Å². The van der Waals surface area contributed by atoms with Crippen molar-refractivity contribution in [3.63, 3.8) is 0 Å². The molecule has 0 bridgehead atoms. The molecule has 9 heteroatoms. The van der Waals surface area contributed by atoms with E-state index in [1.807, 2.05) is 0 Å². The fourth-order valence-corrected chi connectivity index (χ4v) is 5.18. The Bertz CT molecular complexity index is 873. The second-order valence-corrected chi connectivity index (χ2v) is 8.87. The minimum atomic E-state index is -3.84. The van der Waals surface area contributed by atoms with Gasteiger partial charge in [-0.1, -0.05) is 18.2 Å². The molecule has 0 unspecified atom stereocenters. The summed E-state index contributed by atoms with van der Waals surface area (Å²) in [6, 6.07) is 3.84. The lowest BCUT2D eigenvalue weighted by atomic mass is 10.0. The first-order valence-corrected chi connectivity index (χ1v) is 10.4. The highest BCUT2D eigenvalue weighted by atomic mass is 32.2. The van der Waals surface area contributed by atoms with Gasteiger partial charge in [-0.15, -0.1) is 0 Å². The van der Waals surface area contributed by atoms with Crippen molar-refractivity contribution >= 4 is 21.6 Å². The second kappa shape index (κ2) is 7.77. The molecule has 3 rings (SSSR count). The fourth-order valence-electron chi connectivity index (χ4n) is 3.52. The summed E-state index contributed by atoms with van der Waals surface area (Å²) in [5.74, 6) is 0.335. The predicted octanol–water partition coefficient (Wildman–Crippen LogP) is 2.09. The first kappa shape index (κ1) is 19.5. The Morgan fingerprint density at radius 1 is 1.26 bits per heavy atom. The average molecular weight is 393 g/mol. The topological polar surface area (TPSA) is 101 Å². The van der Waals surface area contributed by atoms with Crippen molar-refractivity contribution in [3.05, 3.63) is 46.0 Å². The van der Waals surface area contributed by atoms with E-state index in [1.54, 1.807) is 11.8 Å². The van der Waals surface area contributed by atoms with Crippen molar-refractivity contribution in [2.75, 3.05) is 26.2 Å². The van der Waals surface area contributed by atoms with E-state index < -0.39 is 14.9 Å². The summed E-state index contributed by atoms with van der Waals surface area (Å²) in [6.45, 7) is 2.67. The monoisotopic (exact) mass is 393 g/mol. The van der Waals surface area contributed by atoms with Crippen LogP contribution in [-0.2, 0) is 14.8 Å². The summed E-state index contributed by atoms with van der Waals surface area (Å²) >= 11 is 0. The molecule has 0 saturated carbocycles. The largest absolute Gasteiger partial charge is 0.340 e. The Morgan fingerprint density at radius 2 is 1.96 bits per heavy atom. The number of nitrogens with zero attached hydrogens (tertiary/aromatic N) is 3. The zero-order valence-electron chi connectivity index (χ0n) is 15.2. The molecule has 1 aliphatic carbocycles. The third-order valence-corrected chi connectivity index (χ3v) is 7.18. The summed E-state index contributed by atoms with van der Waals surface area (Å²) in [5.41, 5.74) is 0.213. The summed E-state index contributed by atoms with van der Waals surface area (Å²) in [7, 11) is -3.84. The van der Waals surface area contributed by atoms with Crippen LogP contribution in [0.1, 0.15) is 24.8 Å². The Kier molecular flexibility index (Phi) is 5.61. The summed E-state index contributed by atoms with van der Waals surface area (Å²) in [6.07, 6.45) is 6.62. The number of nitro groups is 1. The van der Waals surface area contributed by atoms with E-state index in [2.05, 4.69) is 12.2 Å². The van der Waals surface area contributed by atoms with E-state index in [0.29, 0.717) is 25.1 Å². The number of allylic oxidation sites excluding steroid dienone is 2. The van der Waals surface area contributed by atoms with E-state index in [9.17, 15) is 23.3 Å². The van der Waals surface area contributed by atoms with Crippen LogP contribution in [0.5, 0.6) is 0 Å². The Hall–Kier alpha value is -2.26. The normalized spacial score (nSPS) is 20.8. The molecule has 0 radical (unpaired) electrons. The van der Waals surface area contributed by atoms with Crippen LogP contribution < -0.4 is 0 Å². The van der Waals surface area contributed by atoms with Crippen LogP contribution in [0.15, 0.2) is 35.2 Å². The number of hydrogen-bond acceptors (Lipinski definition) is 5. The molecule has 146 valence electrons. The van der Waals surface area contributed by atoms with Crippen molar-refractivity contribution in [3.8, 4) is 0 Å². The number of non-ortho nitro benzene ring substituents is 1. The molecule has 1 saturated heterocycles. The van der Waals surface area contributed by atoms with Gasteiger partial charge in [0.15, 0.2) is 0 Å². The number of amides is 1. The van der Waals surface area contributed by atoms with Crippen LogP contribution in [0, 0.1) is 23.0 Å². The van der Waals surface area contributed by atoms with Gasteiger partial charge < -0.3 is 4.90 Å². The molecule has 1 aliphatic heterocycles. The number of carbonyl (C=O) groups is 1. The van der Waals surface area contributed by atoms with Gasteiger partial charge in [0.05, 0.1) is 9.82 Å². The van der Waals surface area contributed by atoms with Crippen molar-refractivity contribution < 1.29 is 18.1 Å². The third-order valence-electron chi connectivity index (χ3n) is 5.14. The molecule has 1 amide bonds. The van der Waals surface area contributed by atoms with Crippen LogP contribution in [0.4, 0.5) is 5.69 Å². The molecule has 1 aromatic rings. The molecule has 1 fully saturated rings. The van der Waals surface area contributed by atoms with Crippen LogP contribution in [0.25, 0.3) is 0 Å². The van der Waals surface area contributed by atoms with Gasteiger partial charge in [0, 0.05) is 44.7 Å². The Morgan fingerprint density at radius 3 is 2.56 bits per heavy atom. The van der Waals surface area contributed by atoms with Gasteiger partial charge in [-0.2, -0.15) is 4.31 Å². The van der Waals surface area contributed by atoms with Gasteiger partial charge in [0.1, 0.15) is 0 Å². The number of aryl methyl sites for hydroxylation is 1. The van der Waals surface area contributed by atoms with E-state index in [4.69, 9.17) is 0 Å². The van der Waals surface area contributed by atoms with Crippen molar-refractivity contribution in [1.29, 1.82) is 0 Å². The molecule has 2 aliphatic rings. The number of sulfonamides is 1. The Labute approximate surface area is 158 Å². The number of benzene rings is 1. The van der Waals surface area contributed by atoms with Crippen molar-refractivity contribution in [2.45, 2.75) is 31.1 Å². The lowest BCUT2D eigenvalue weighted by Crippen LogP contribution is -2.50. The Balaban J connectivity index is 1.68. The van der Waals surface area contributed by atoms with Gasteiger partial charge in [-0.05, 0) is 31.2 Å². The highest BCUT2D eigenvalue weighted by Gasteiger charge is 2.32. The lowest BCUT2D eigenvalue weighted by molar-refractivity contribution is -0.385. The van der Waals surface area contributed by atoms with Crippen molar-refractivity contribution in [1.82, 2.24) is 9.21 Å². The van der Waals surface area contributed by atoms with Crippen LogP contribution >= 0.6 is 0 Å². The molecular weight excluding hydrogens is 370 g/mol. The molecule has 0 spiro atoms. The number of hydrogen-bond donors (Lipinski definition) is 0. The standard InChI is InChI=1S/C18H23N3O5S/c1-14-6-7-16(21(23)24)13-17(14)27(25,26)20-10-8-19(9-11-20)18(22)12-15-4-2-3-5-15/h2,4,6-7,13,15H,3,5,8-12H2,1H3/t15-/m1/s1. The van der Waals surface area contributed by atoms with Crippen molar-refractivity contribution in [2.24, 2.45) is 5.92 Å². The SMILES string of the molecule is Cc1ccc([N+](=O)[O-])cc1S(=O)(=O)N1CCN(C(=O)C[C@@H]2C=CCC2)CC1. The molecule has 1 heterocycles. The summed E-state index contributed by atoms with van der Waals surface area (Å²) < 4.78 is 27.2.